The number of fused-ring (bicyclic) bond motifs is 1. The van der Waals surface area contributed by atoms with Crippen LogP contribution in [0.5, 0.6) is 0 Å². The number of halogens is 1. The lowest BCUT2D eigenvalue weighted by Gasteiger charge is -2.25. The number of aromatic nitrogens is 3. The Morgan fingerprint density at radius 1 is 1.17 bits per heavy atom. The van der Waals surface area contributed by atoms with Gasteiger partial charge in [0.05, 0.1) is 10.6 Å². The van der Waals surface area contributed by atoms with Crippen LogP contribution in [0.4, 0.5) is 0 Å². The van der Waals surface area contributed by atoms with Gasteiger partial charge in [0.15, 0.2) is 5.82 Å². The molecule has 122 valence electrons. The molecule has 0 unspecified atom stereocenters. The summed E-state index contributed by atoms with van der Waals surface area (Å²) in [6.07, 6.45) is 2.38. The van der Waals surface area contributed by atoms with E-state index in [0.717, 1.165) is 30.8 Å². The fourth-order valence-electron chi connectivity index (χ4n) is 3.10. The fraction of sp³-hybridized carbons (Fsp3) is 0.222. The van der Waals surface area contributed by atoms with Crippen LogP contribution in [-0.2, 0) is 19.5 Å². The standard InChI is InChI=1S/C18H17ClN4O/c19-14-6-7-17(20-10-14)23-18(24)15-12-22(9-8-16(15)21-23)11-13-4-2-1-3-5-13/h1-7,10,21H,8-9,11-12H2. The summed E-state index contributed by atoms with van der Waals surface area (Å²) in [6.45, 7) is 2.43. The lowest BCUT2D eigenvalue weighted by molar-refractivity contribution is 0.244. The van der Waals surface area contributed by atoms with Crippen LogP contribution in [-0.4, -0.2) is 26.2 Å². The second kappa shape index (κ2) is 6.26. The zero-order valence-corrected chi connectivity index (χ0v) is 13.8. The van der Waals surface area contributed by atoms with Crippen LogP contribution in [0.15, 0.2) is 53.5 Å². The van der Waals surface area contributed by atoms with Gasteiger partial charge in [0.25, 0.3) is 5.56 Å². The maximum Gasteiger partial charge on any atom is 0.277 e. The second-order valence-corrected chi connectivity index (χ2v) is 6.43. The third-order valence-electron chi connectivity index (χ3n) is 4.32. The second-order valence-electron chi connectivity index (χ2n) is 5.99. The average Bonchev–Trinajstić information content (AvgIpc) is 2.93. The van der Waals surface area contributed by atoms with E-state index in [0.29, 0.717) is 17.4 Å². The number of aromatic amines is 1. The molecule has 0 amide bonds. The molecule has 3 aromatic rings. The molecule has 1 aliphatic heterocycles. The van der Waals surface area contributed by atoms with Crippen LogP contribution in [0.25, 0.3) is 5.82 Å². The molecule has 24 heavy (non-hydrogen) atoms. The SMILES string of the molecule is O=c1c2c([nH]n1-c1ccc(Cl)cn1)CCN(Cc1ccccc1)C2. The highest BCUT2D eigenvalue weighted by molar-refractivity contribution is 6.30. The van der Waals surface area contributed by atoms with E-state index in [1.807, 2.05) is 18.2 Å². The Hall–Kier alpha value is -2.37. The number of benzene rings is 1. The lowest BCUT2D eigenvalue weighted by Crippen LogP contribution is -2.32. The molecular weight excluding hydrogens is 324 g/mol. The van der Waals surface area contributed by atoms with Gasteiger partial charge in [-0.05, 0) is 17.7 Å². The summed E-state index contributed by atoms with van der Waals surface area (Å²) < 4.78 is 1.51. The van der Waals surface area contributed by atoms with E-state index < -0.39 is 0 Å². The molecule has 0 saturated heterocycles. The molecule has 2 aromatic heterocycles. The van der Waals surface area contributed by atoms with Gasteiger partial charge >= 0.3 is 0 Å². The highest BCUT2D eigenvalue weighted by Gasteiger charge is 2.23. The summed E-state index contributed by atoms with van der Waals surface area (Å²) in [6, 6.07) is 13.8. The van der Waals surface area contributed by atoms with Crippen LogP contribution >= 0.6 is 11.6 Å². The molecule has 0 atom stereocenters. The van der Waals surface area contributed by atoms with Crippen molar-refractivity contribution in [2.24, 2.45) is 0 Å². The first-order chi connectivity index (χ1) is 11.7. The Kier molecular flexibility index (Phi) is 3.96. The van der Waals surface area contributed by atoms with Gasteiger partial charge in [-0.2, -0.15) is 0 Å². The average molecular weight is 341 g/mol. The van der Waals surface area contributed by atoms with Crippen molar-refractivity contribution in [2.45, 2.75) is 19.5 Å². The number of rotatable bonds is 3. The molecule has 0 radical (unpaired) electrons. The number of hydrogen-bond donors (Lipinski definition) is 1. The molecule has 3 heterocycles. The topological polar surface area (TPSA) is 53.9 Å². The molecule has 0 aliphatic carbocycles. The van der Waals surface area contributed by atoms with Crippen LogP contribution in [0, 0.1) is 0 Å². The summed E-state index contributed by atoms with van der Waals surface area (Å²) in [7, 11) is 0. The number of pyridine rings is 1. The van der Waals surface area contributed by atoms with Gasteiger partial charge in [-0.1, -0.05) is 41.9 Å². The molecular formula is C18H17ClN4O. The summed E-state index contributed by atoms with van der Waals surface area (Å²) in [4.78, 5) is 19.3. The van der Waals surface area contributed by atoms with Crippen LogP contribution in [0.3, 0.4) is 0 Å². The Balaban J connectivity index is 1.60. The molecule has 0 bridgehead atoms. The normalized spacial score (nSPS) is 14.5. The van der Waals surface area contributed by atoms with E-state index in [-0.39, 0.29) is 5.56 Å². The number of hydrogen-bond acceptors (Lipinski definition) is 3. The summed E-state index contributed by atoms with van der Waals surface area (Å²) >= 11 is 5.87. The maximum absolute atomic E-state index is 12.7. The van der Waals surface area contributed by atoms with Crippen molar-refractivity contribution in [1.82, 2.24) is 19.7 Å². The minimum absolute atomic E-state index is 0.0300. The van der Waals surface area contributed by atoms with Crippen molar-refractivity contribution in [2.75, 3.05) is 6.54 Å². The first kappa shape index (κ1) is 15.2. The van der Waals surface area contributed by atoms with Crippen molar-refractivity contribution in [1.29, 1.82) is 0 Å². The predicted molar refractivity (Wildman–Crippen MR) is 93.5 cm³/mol. The minimum Gasteiger partial charge on any atom is -0.294 e. The van der Waals surface area contributed by atoms with Gasteiger partial charge in [-0.25, -0.2) is 9.67 Å². The fourth-order valence-corrected chi connectivity index (χ4v) is 3.21. The molecule has 0 spiro atoms. The molecule has 5 nitrogen and oxygen atoms in total. The summed E-state index contributed by atoms with van der Waals surface area (Å²) in [5.74, 6) is 0.563. The Labute approximate surface area is 144 Å². The number of nitrogens with one attached hydrogen (secondary N) is 1. The highest BCUT2D eigenvalue weighted by atomic mass is 35.5. The van der Waals surface area contributed by atoms with E-state index in [1.165, 1.54) is 10.2 Å². The van der Waals surface area contributed by atoms with Crippen molar-refractivity contribution in [3.63, 3.8) is 0 Å². The Morgan fingerprint density at radius 3 is 2.75 bits per heavy atom. The largest absolute Gasteiger partial charge is 0.294 e. The Bertz CT molecular complexity index is 899. The van der Waals surface area contributed by atoms with E-state index in [4.69, 9.17) is 11.6 Å². The van der Waals surface area contributed by atoms with E-state index in [2.05, 4.69) is 27.1 Å². The molecule has 1 aromatic carbocycles. The van der Waals surface area contributed by atoms with E-state index >= 15 is 0 Å². The molecule has 4 rings (SSSR count). The first-order valence-electron chi connectivity index (χ1n) is 7.92. The van der Waals surface area contributed by atoms with Gasteiger partial charge in [0, 0.05) is 37.9 Å². The van der Waals surface area contributed by atoms with Crippen LogP contribution < -0.4 is 5.56 Å². The first-order valence-corrected chi connectivity index (χ1v) is 8.29. The van der Waals surface area contributed by atoms with Crippen molar-refractivity contribution in [3.8, 4) is 5.82 Å². The summed E-state index contributed by atoms with van der Waals surface area (Å²) in [5.41, 5.74) is 3.06. The minimum atomic E-state index is -0.0300. The van der Waals surface area contributed by atoms with Gasteiger partial charge in [-0.3, -0.25) is 14.8 Å². The van der Waals surface area contributed by atoms with Gasteiger partial charge < -0.3 is 0 Å². The molecule has 0 saturated carbocycles. The quantitative estimate of drug-likeness (QED) is 0.797. The summed E-state index contributed by atoms with van der Waals surface area (Å²) in [5, 5.41) is 3.75. The zero-order chi connectivity index (χ0) is 16.5. The number of nitrogens with zero attached hydrogens (tertiary/aromatic N) is 3. The molecule has 1 N–H and O–H groups in total. The Morgan fingerprint density at radius 2 is 2.00 bits per heavy atom. The van der Waals surface area contributed by atoms with Crippen molar-refractivity contribution >= 4 is 11.6 Å². The van der Waals surface area contributed by atoms with Gasteiger partial charge in [0.2, 0.25) is 0 Å². The zero-order valence-electron chi connectivity index (χ0n) is 13.1. The molecule has 6 heteroatoms. The monoisotopic (exact) mass is 340 g/mol. The number of H-pyrrole nitrogens is 1. The van der Waals surface area contributed by atoms with Gasteiger partial charge in [0.1, 0.15) is 0 Å². The lowest BCUT2D eigenvalue weighted by atomic mass is 10.1. The third kappa shape index (κ3) is 2.88. The van der Waals surface area contributed by atoms with Crippen molar-refractivity contribution < 1.29 is 0 Å². The van der Waals surface area contributed by atoms with Crippen LogP contribution in [0.1, 0.15) is 16.8 Å². The van der Waals surface area contributed by atoms with E-state index in [9.17, 15) is 4.79 Å². The van der Waals surface area contributed by atoms with Crippen molar-refractivity contribution in [3.05, 3.63) is 80.9 Å². The van der Waals surface area contributed by atoms with Gasteiger partial charge in [-0.15, -0.1) is 0 Å². The maximum atomic E-state index is 12.7. The third-order valence-corrected chi connectivity index (χ3v) is 4.55. The highest BCUT2D eigenvalue weighted by Crippen LogP contribution is 2.18. The van der Waals surface area contributed by atoms with E-state index in [1.54, 1.807) is 18.3 Å². The smallest absolute Gasteiger partial charge is 0.277 e. The van der Waals surface area contributed by atoms with Crippen LogP contribution in [0.2, 0.25) is 5.02 Å². The molecule has 1 aliphatic rings. The molecule has 0 fully saturated rings. The predicted octanol–water partition coefficient (Wildman–Crippen LogP) is 2.77.